The summed E-state index contributed by atoms with van der Waals surface area (Å²) in [6.07, 6.45) is 2.97. The lowest BCUT2D eigenvalue weighted by Crippen LogP contribution is -2.15. The highest BCUT2D eigenvalue weighted by Crippen LogP contribution is 2.10. The number of nitrogens with one attached hydrogen (secondary N) is 1. The monoisotopic (exact) mass is 279 g/mol. The lowest BCUT2D eigenvalue weighted by molar-refractivity contribution is 0.601. The fourth-order valence-corrected chi connectivity index (χ4v) is 2.39. The summed E-state index contributed by atoms with van der Waals surface area (Å²) in [5, 5.41) is 7.38. The van der Waals surface area contributed by atoms with Gasteiger partial charge in [-0.2, -0.15) is 5.10 Å². The van der Waals surface area contributed by atoms with Crippen molar-refractivity contribution in [3.05, 3.63) is 47.8 Å². The third kappa shape index (κ3) is 3.65. The van der Waals surface area contributed by atoms with Crippen molar-refractivity contribution in [1.29, 1.82) is 0 Å². The Kier molecular flexibility index (Phi) is 4.01. The summed E-state index contributed by atoms with van der Waals surface area (Å²) in [5.74, 6) is 0. The van der Waals surface area contributed by atoms with Gasteiger partial charge in [-0.3, -0.25) is 4.68 Å². The van der Waals surface area contributed by atoms with Crippen molar-refractivity contribution in [2.45, 2.75) is 18.0 Å². The van der Waals surface area contributed by atoms with Gasteiger partial charge in [-0.25, -0.2) is 8.42 Å². The summed E-state index contributed by atoms with van der Waals surface area (Å²) in [7, 11) is -1.21. The molecule has 1 heterocycles. The number of hydrogen-bond acceptors (Lipinski definition) is 4. The van der Waals surface area contributed by atoms with E-state index in [-0.39, 0.29) is 0 Å². The van der Waals surface area contributed by atoms with Crippen LogP contribution in [0.2, 0.25) is 0 Å². The average molecular weight is 279 g/mol. The topological polar surface area (TPSA) is 64.0 Å². The van der Waals surface area contributed by atoms with Crippen LogP contribution in [0.15, 0.2) is 41.4 Å². The van der Waals surface area contributed by atoms with Crippen LogP contribution in [0.4, 0.5) is 0 Å². The largest absolute Gasteiger partial charge is 0.307 e. The average Bonchev–Trinajstić information content (AvgIpc) is 2.75. The first-order chi connectivity index (χ1) is 8.97. The molecule has 0 spiro atoms. The Hall–Kier alpha value is -1.66. The molecule has 0 saturated heterocycles. The molecular formula is C13H17N3O2S. The third-order valence-corrected chi connectivity index (χ3v) is 4.04. The van der Waals surface area contributed by atoms with E-state index in [1.54, 1.807) is 18.3 Å². The Bertz CT molecular complexity index is 645. The number of rotatable bonds is 5. The minimum Gasteiger partial charge on any atom is -0.307 e. The molecule has 0 fully saturated rings. The van der Waals surface area contributed by atoms with Gasteiger partial charge in [0, 0.05) is 32.6 Å². The van der Waals surface area contributed by atoms with Crippen LogP contribution < -0.4 is 5.32 Å². The number of aryl methyl sites for hydroxylation is 1. The van der Waals surface area contributed by atoms with Gasteiger partial charge in [-0.1, -0.05) is 12.1 Å². The van der Waals surface area contributed by atoms with E-state index in [4.69, 9.17) is 0 Å². The molecule has 1 aromatic carbocycles. The van der Waals surface area contributed by atoms with Crippen molar-refractivity contribution in [3.8, 4) is 0 Å². The molecule has 5 nitrogen and oxygen atoms in total. The third-order valence-electron chi connectivity index (χ3n) is 2.91. The Labute approximate surface area is 113 Å². The number of sulfone groups is 1. The van der Waals surface area contributed by atoms with Gasteiger partial charge in [0.1, 0.15) is 0 Å². The molecule has 2 rings (SSSR count). The van der Waals surface area contributed by atoms with Crippen LogP contribution in [0, 0.1) is 0 Å². The number of nitrogens with zero attached hydrogens (tertiary/aromatic N) is 2. The van der Waals surface area contributed by atoms with Crippen LogP contribution in [0.5, 0.6) is 0 Å². The van der Waals surface area contributed by atoms with E-state index in [1.807, 2.05) is 29.9 Å². The maximum atomic E-state index is 11.3. The molecule has 2 aromatic rings. The highest BCUT2D eigenvalue weighted by atomic mass is 32.2. The summed E-state index contributed by atoms with van der Waals surface area (Å²) in [6.45, 7) is 1.42. The van der Waals surface area contributed by atoms with Crippen molar-refractivity contribution < 1.29 is 8.42 Å². The zero-order chi connectivity index (χ0) is 13.9. The van der Waals surface area contributed by atoms with Gasteiger partial charge in [-0.15, -0.1) is 0 Å². The molecule has 1 N–H and O–H groups in total. The van der Waals surface area contributed by atoms with E-state index in [2.05, 4.69) is 10.4 Å². The van der Waals surface area contributed by atoms with E-state index in [1.165, 1.54) is 6.26 Å². The molecule has 0 amide bonds. The van der Waals surface area contributed by atoms with Crippen LogP contribution in [-0.4, -0.2) is 24.5 Å². The van der Waals surface area contributed by atoms with Crippen molar-refractivity contribution in [2.75, 3.05) is 6.26 Å². The normalized spacial score (nSPS) is 11.7. The second-order valence-corrected chi connectivity index (χ2v) is 6.48. The predicted octanol–water partition coefficient (Wildman–Crippen LogP) is 1.11. The van der Waals surface area contributed by atoms with Crippen molar-refractivity contribution in [2.24, 2.45) is 7.05 Å². The zero-order valence-corrected chi connectivity index (χ0v) is 11.8. The minimum atomic E-state index is -3.11. The lowest BCUT2D eigenvalue weighted by atomic mass is 10.2. The van der Waals surface area contributed by atoms with Crippen molar-refractivity contribution >= 4 is 9.84 Å². The van der Waals surface area contributed by atoms with Gasteiger partial charge < -0.3 is 5.32 Å². The molecule has 0 saturated carbocycles. The molecule has 0 radical (unpaired) electrons. The van der Waals surface area contributed by atoms with Crippen LogP contribution in [0.3, 0.4) is 0 Å². The van der Waals surface area contributed by atoms with Crippen LogP contribution in [-0.2, 0) is 30.0 Å². The summed E-state index contributed by atoms with van der Waals surface area (Å²) in [5.41, 5.74) is 2.15. The molecule has 102 valence electrons. The number of aromatic nitrogens is 2. The van der Waals surface area contributed by atoms with Gasteiger partial charge in [0.2, 0.25) is 0 Å². The van der Waals surface area contributed by atoms with Gasteiger partial charge >= 0.3 is 0 Å². The van der Waals surface area contributed by atoms with E-state index in [0.717, 1.165) is 17.8 Å². The summed E-state index contributed by atoms with van der Waals surface area (Å²) in [4.78, 5) is 0.350. The van der Waals surface area contributed by atoms with Gasteiger partial charge in [0.15, 0.2) is 9.84 Å². The smallest absolute Gasteiger partial charge is 0.175 e. The highest BCUT2D eigenvalue weighted by Gasteiger charge is 2.06. The maximum absolute atomic E-state index is 11.3. The van der Waals surface area contributed by atoms with Crippen molar-refractivity contribution in [3.63, 3.8) is 0 Å². The quantitative estimate of drug-likeness (QED) is 0.890. The first kappa shape index (κ1) is 13.8. The SMILES string of the molecule is Cn1nccc1CNCc1ccc(S(C)(=O)=O)cc1. The molecule has 0 bridgehead atoms. The first-order valence-electron chi connectivity index (χ1n) is 5.93. The second-order valence-electron chi connectivity index (χ2n) is 4.47. The minimum absolute atomic E-state index is 0.350. The van der Waals surface area contributed by atoms with E-state index >= 15 is 0 Å². The van der Waals surface area contributed by atoms with E-state index in [0.29, 0.717) is 11.4 Å². The zero-order valence-electron chi connectivity index (χ0n) is 11.0. The van der Waals surface area contributed by atoms with E-state index in [9.17, 15) is 8.42 Å². The summed E-state index contributed by atoms with van der Waals surface area (Å²) >= 11 is 0. The predicted molar refractivity (Wildman–Crippen MR) is 73.3 cm³/mol. The summed E-state index contributed by atoms with van der Waals surface area (Å²) < 4.78 is 24.5. The van der Waals surface area contributed by atoms with Gasteiger partial charge in [0.25, 0.3) is 0 Å². The number of benzene rings is 1. The van der Waals surface area contributed by atoms with Crippen LogP contribution in [0.1, 0.15) is 11.3 Å². The summed E-state index contributed by atoms with van der Waals surface area (Å²) in [6, 6.07) is 8.88. The van der Waals surface area contributed by atoms with E-state index < -0.39 is 9.84 Å². The molecule has 1 aromatic heterocycles. The first-order valence-corrected chi connectivity index (χ1v) is 7.82. The number of hydrogen-bond donors (Lipinski definition) is 1. The maximum Gasteiger partial charge on any atom is 0.175 e. The lowest BCUT2D eigenvalue weighted by Gasteiger charge is -2.06. The second kappa shape index (κ2) is 5.54. The highest BCUT2D eigenvalue weighted by molar-refractivity contribution is 7.90. The Morgan fingerprint density at radius 3 is 2.37 bits per heavy atom. The molecule has 0 atom stereocenters. The molecule has 0 aliphatic rings. The molecule has 0 aliphatic heterocycles. The fourth-order valence-electron chi connectivity index (χ4n) is 1.76. The Morgan fingerprint density at radius 1 is 1.16 bits per heavy atom. The standard InChI is InChI=1S/C13H17N3O2S/c1-16-12(7-8-15-16)10-14-9-11-3-5-13(6-4-11)19(2,17)18/h3-8,14H,9-10H2,1-2H3. The molecule has 6 heteroatoms. The Balaban J connectivity index is 1.92. The molecule has 0 unspecified atom stereocenters. The Morgan fingerprint density at radius 2 is 1.84 bits per heavy atom. The molecule has 19 heavy (non-hydrogen) atoms. The van der Waals surface area contributed by atoms with Crippen molar-refractivity contribution in [1.82, 2.24) is 15.1 Å². The van der Waals surface area contributed by atoms with Gasteiger partial charge in [0.05, 0.1) is 10.6 Å². The molecule has 0 aliphatic carbocycles. The van der Waals surface area contributed by atoms with Crippen LogP contribution >= 0.6 is 0 Å². The van der Waals surface area contributed by atoms with Gasteiger partial charge in [-0.05, 0) is 23.8 Å². The molecular weight excluding hydrogens is 262 g/mol. The fraction of sp³-hybridized carbons (Fsp3) is 0.308. The van der Waals surface area contributed by atoms with Crippen LogP contribution in [0.25, 0.3) is 0 Å².